The quantitative estimate of drug-likeness (QED) is 0.535. The minimum atomic E-state index is 0.682. The summed E-state index contributed by atoms with van der Waals surface area (Å²) in [4.78, 5) is 8.88. The molecule has 0 spiro atoms. The van der Waals surface area contributed by atoms with Crippen molar-refractivity contribution in [3.8, 4) is 23.0 Å². The van der Waals surface area contributed by atoms with E-state index < -0.39 is 0 Å². The first-order valence-electron chi connectivity index (χ1n) is 9.29. The molecule has 1 heterocycles. The van der Waals surface area contributed by atoms with Crippen molar-refractivity contribution in [3.63, 3.8) is 0 Å². The van der Waals surface area contributed by atoms with Gasteiger partial charge < -0.3 is 18.9 Å². The van der Waals surface area contributed by atoms with Gasteiger partial charge in [-0.15, -0.1) is 0 Å². The van der Waals surface area contributed by atoms with Gasteiger partial charge in [-0.3, -0.25) is 9.97 Å². The van der Waals surface area contributed by atoms with E-state index in [0.29, 0.717) is 23.0 Å². The molecule has 2 aromatic carbocycles. The van der Waals surface area contributed by atoms with Crippen LogP contribution >= 0.6 is 0 Å². The third-order valence-electron chi connectivity index (χ3n) is 4.40. The molecule has 0 bridgehead atoms. The van der Waals surface area contributed by atoms with E-state index >= 15 is 0 Å². The van der Waals surface area contributed by atoms with E-state index in [4.69, 9.17) is 18.9 Å². The zero-order chi connectivity index (χ0) is 21.3. The summed E-state index contributed by atoms with van der Waals surface area (Å²) >= 11 is 0. The first kappa shape index (κ1) is 20.9. The van der Waals surface area contributed by atoms with Crippen molar-refractivity contribution < 1.29 is 18.9 Å². The van der Waals surface area contributed by atoms with Crippen LogP contribution in [0.3, 0.4) is 0 Å². The Morgan fingerprint density at radius 1 is 0.533 bits per heavy atom. The summed E-state index contributed by atoms with van der Waals surface area (Å²) in [6.45, 7) is 0. The van der Waals surface area contributed by atoms with E-state index in [0.717, 1.165) is 22.5 Å². The van der Waals surface area contributed by atoms with E-state index in [-0.39, 0.29) is 0 Å². The van der Waals surface area contributed by atoms with Crippen LogP contribution in [0.4, 0.5) is 0 Å². The molecule has 0 saturated carbocycles. The van der Waals surface area contributed by atoms with Crippen molar-refractivity contribution in [2.24, 2.45) is 0 Å². The molecule has 0 saturated heterocycles. The predicted molar refractivity (Wildman–Crippen MR) is 119 cm³/mol. The Bertz CT molecular complexity index is 959. The van der Waals surface area contributed by atoms with Gasteiger partial charge in [0.1, 0.15) is 0 Å². The number of ether oxygens (including phenoxy) is 4. The van der Waals surface area contributed by atoms with Crippen LogP contribution in [0.25, 0.3) is 24.3 Å². The first-order chi connectivity index (χ1) is 14.7. The highest BCUT2D eigenvalue weighted by molar-refractivity contribution is 5.71. The van der Waals surface area contributed by atoms with Crippen molar-refractivity contribution in [2.75, 3.05) is 28.4 Å². The summed E-state index contributed by atoms with van der Waals surface area (Å²) in [5, 5.41) is 0. The number of rotatable bonds is 8. The van der Waals surface area contributed by atoms with Gasteiger partial charge in [-0.25, -0.2) is 0 Å². The van der Waals surface area contributed by atoms with E-state index in [1.165, 1.54) is 0 Å². The van der Waals surface area contributed by atoms with Crippen LogP contribution in [-0.4, -0.2) is 38.4 Å². The highest BCUT2D eigenvalue weighted by Crippen LogP contribution is 2.29. The Morgan fingerprint density at radius 3 is 1.27 bits per heavy atom. The second-order valence-electron chi connectivity index (χ2n) is 6.26. The second kappa shape index (κ2) is 10.1. The number of nitrogens with zero attached hydrogens (tertiary/aromatic N) is 2. The van der Waals surface area contributed by atoms with Crippen LogP contribution in [-0.2, 0) is 0 Å². The molecule has 6 heteroatoms. The maximum atomic E-state index is 5.33. The molecule has 0 radical (unpaired) electrons. The molecule has 1 aromatic heterocycles. The fourth-order valence-corrected chi connectivity index (χ4v) is 2.80. The maximum absolute atomic E-state index is 5.33. The zero-order valence-corrected chi connectivity index (χ0v) is 17.5. The molecule has 0 unspecified atom stereocenters. The lowest BCUT2D eigenvalue weighted by atomic mass is 10.1. The van der Waals surface area contributed by atoms with Crippen LogP contribution < -0.4 is 18.9 Å². The van der Waals surface area contributed by atoms with Gasteiger partial charge in [-0.2, -0.15) is 0 Å². The molecule has 0 amide bonds. The summed E-state index contributed by atoms with van der Waals surface area (Å²) in [5.74, 6) is 2.75. The van der Waals surface area contributed by atoms with Crippen molar-refractivity contribution in [3.05, 3.63) is 71.3 Å². The molecule has 3 aromatic rings. The van der Waals surface area contributed by atoms with Crippen molar-refractivity contribution in [2.45, 2.75) is 0 Å². The molecule has 3 rings (SSSR count). The summed E-state index contributed by atoms with van der Waals surface area (Å²) in [7, 11) is 6.46. The van der Waals surface area contributed by atoms with Gasteiger partial charge in [0.05, 0.1) is 52.2 Å². The fraction of sp³-hybridized carbons (Fsp3) is 0.167. The first-order valence-corrected chi connectivity index (χ1v) is 9.29. The molecular formula is C24H24N2O4. The smallest absolute Gasteiger partial charge is 0.161 e. The lowest BCUT2D eigenvalue weighted by Gasteiger charge is -2.07. The number of methoxy groups -OCH3 is 4. The Morgan fingerprint density at radius 2 is 0.933 bits per heavy atom. The third kappa shape index (κ3) is 5.17. The Balaban J connectivity index is 1.69. The zero-order valence-electron chi connectivity index (χ0n) is 17.5. The monoisotopic (exact) mass is 404 g/mol. The normalized spacial score (nSPS) is 11.1. The van der Waals surface area contributed by atoms with E-state index in [9.17, 15) is 0 Å². The standard InChI is InChI=1S/C24H24N2O4/c1-27-21-11-7-17(13-23(21)29-3)5-9-19-15-26-20(16-25-19)10-6-18-8-12-22(28-2)24(14-18)30-4/h5-16H,1-4H3/b9-5+,10-6+. The van der Waals surface area contributed by atoms with Gasteiger partial charge in [-0.05, 0) is 47.5 Å². The number of benzene rings is 2. The Kier molecular flexibility index (Phi) is 7.05. The lowest BCUT2D eigenvalue weighted by Crippen LogP contribution is -1.91. The van der Waals surface area contributed by atoms with Crippen LogP contribution in [0.5, 0.6) is 23.0 Å². The molecular weight excluding hydrogens is 380 g/mol. The van der Waals surface area contributed by atoms with Crippen molar-refractivity contribution >= 4 is 24.3 Å². The van der Waals surface area contributed by atoms with E-state index in [1.54, 1.807) is 40.8 Å². The summed E-state index contributed by atoms with van der Waals surface area (Å²) in [6.07, 6.45) is 11.2. The van der Waals surface area contributed by atoms with E-state index in [1.807, 2.05) is 60.7 Å². The Labute approximate surface area is 176 Å². The van der Waals surface area contributed by atoms with E-state index in [2.05, 4.69) is 9.97 Å². The number of hydrogen-bond acceptors (Lipinski definition) is 6. The SMILES string of the molecule is COc1ccc(/C=C/c2cnc(/C=C/c3ccc(OC)c(OC)c3)cn2)cc1OC. The van der Waals surface area contributed by atoms with Crippen LogP contribution in [0, 0.1) is 0 Å². The molecule has 6 nitrogen and oxygen atoms in total. The average molecular weight is 404 g/mol. The molecule has 0 fully saturated rings. The number of hydrogen-bond donors (Lipinski definition) is 0. The molecule has 30 heavy (non-hydrogen) atoms. The highest BCUT2D eigenvalue weighted by atomic mass is 16.5. The maximum Gasteiger partial charge on any atom is 0.161 e. The lowest BCUT2D eigenvalue weighted by molar-refractivity contribution is 0.355. The average Bonchev–Trinajstić information content (AvgIpc) is 2.81. The molecule has 0 aliphatic heterocycles. The summed E-state index contributed by atoms with van der Waals surface area (Å²) in [5.41, 5.74) is 3.47. The van der Waals surface area contributed by atoms with Gasteiger partial charge in [0.2, 0.25) is 0 Å². The minimum absolute atomic E-state index is 0.682. The third-order valence-corrected chi connectivity index (χ3v) is 4.40. The van der Waals surface area contributed by atoms with Crippen molar-refractivity contribution in [1.82, 2.24) is 9.97 Å². The minimum Gasteiger partial charge on any atom is -0.493 e. The van der Waals surface area contributed by atoms with Gasteiger partial charge in [-0.1, -0.05) is 24.3 Å². The summed E-state index contributed by atoms with van der Waals surface area (Å²) < 4.78 is 21.2. The fourth-order valence-electron chi connectivity index (χ4n) is 2.80. The van der Waals surface area contributed by atoms with Crippen LogP contribution in [0.2, 0.25) is 0 Å². The number of aromatic nitrogens is 2. The van der Waals surface area contributed by atoms with Gasteiger partial charge in [0.15, 0.2) is 23.0 Å². The molecule has 0 N–H and O–H groups in total. The highest BCUT2D eigenvalue weighted by Gasteiger charge is 2.04. The molecule has 0 atom stereocenters. The van der Waals surface area contributed by atoms with Crippen molar-refractivity contribution in [1.29, 1.82) is 0 Å². The molecule has 0 aliphatic rings. The van der Waals surface area contributed by atoms with Gasteiger partial charge in [0, 0.05) is 0 Å². The molecule has 154 valence electrons. The largest absolute Gasteiger partial charge is 0.493 e. The summed E-state index contributed by atoms with van der Waals surface area (Å²) in [6, 6.07) is 11.4. The van der Waals surface area contributed by atoms with Crippen LogP contribution in [0.1, 0.15) is 22.5 Å². The van der Waals surface area contributed by atoms with Crippen LogP contribution in [0.15, 0.2) is 48.8 Å². The Hall–Kier alpha value is -3.80. The topological polar surface area (TPSA) is 62.7 Å². The second-order valence-corrected chi connectivity index (χ2v) is 6.26. The van der Waals surface area contributed by atoms with Gasteiger partial charge in [0.25, 0.3) is 0 Å². The molecule has 0 aliphatic carbocycles. The predicted octanol–water partition coefficient (Wildman–Crippen LogP) is 4.85. The van der Waals surface area contributed by atoms with Gasteiger partial charge >= 0.3 is 0 Å².